The van der Waals surface area contributed by atoms with E-state index in [0.717, 1.165) is 11.9 Å². The van der Waals surface area contributed by atoms with E-state index in [2.05, 4.69) is 10.6 Å². The van der Waals surface area contributed by atoms with Crippen LogP contribution in [0.1, 0.15) is 6.92 Å². The number of ether oxygens (including phenoxy) is 1. The van der Waals surface area contributed by atoms with Gasteiger partial charge in [0, 0.05) is 31.0 Å². The van der Waals surface area contributed by atoms with Crippen LogP contribution in [0.4, 0.5) is 11.4 Å². The van der Waals surface area contributed by atoms with Crippen LogP contribution in [0.2, 0.25) is 0 Å². The first-order valence-corrected chi connectivity index (χ1v) is 6.30. The van der Waals surface area contributed by atoms with Gasteiger partial charge in [-0.1, -0.05) is 0 Å². The van der Waals surface area contributed by atoms with Gasteiger partial charge in [0.15, 0.2) is 5.57 Å². The molecule has 118 valence electrons. The van der Waals surface area contributed by atoms with Gasteiger partial charge in [0.2, 0.25) is 0 Å². The fraction of sp³-hybridized carbons (Fsp3) is 0.214. The lowest BCUT2D eigenvalue weighted by molar-refractivity contribution is -0.141. The molecule has 8 heteroatoms. The van der Waals surface area contributed by atoms with Gasteiger partial charge in [-0.3, -0.25) is 4.79 Å². The van der Waals surface area contributed by atoms with Crippen molar-refractivity contribution in [3.63, 3.8) is 0 Å². The van der Waals surface area contributed by atoms with Crippen LogP contribution in [0.3, 0.4) is 0 Å². The highest BCUT2D eigenvalue weighted by Crippen LogP contribution is 2.13. The fourth-order valence-corrected chi connectivity index (χ4v) is 1.44. The highest BCUT2D eigenvalue weighted by molar-refractivity contribution is 6.12. The Balaban J connectivity index is 2.54. The summed E-state index contributed by atoms with van der Waals surface area (Å²) in [6, 6.07) is 6.72. The van der Waals surface area contributed by atoms with E-state index in [-0.39, 0.29) is 12.6 Å². The summed E-state index contributed by atoms with van der Waals surface area (Å²) >= 11 is 0. The maximum Gasteiger partial charge on any atom is 0.344 e. The van der Waals surface area contributed by atoms with Crippen molar-refractivity contribution in [1.82, 2.24) is 0 Å². The van der Waals surface area contributed by atoms with E-state index in [9.17, 15) is 14.4 Å². The molecule has 0 amide bonds. The second-order valence-electron chi connectivity index (χ2n) is 4.16. The molecule has 0 radical (unpaired) electrons. The Labute approximate surface area is 126 Å². The predicted molar refractivity (Wildman–Crippen MR) is 78.5 cm³/mol. The largest absolute Gasteiger partial charge is 0.477 e. The van der Waals surface area contributed by atoms with Crippen LogP contribution in [0, 0.1) is 0 Å². The first kappa shape index (κ1) is 17.0. The van der Waals surface area contributed by atoms with E-state index in [0.29, 0.717) is 12.2 Å². The van der Waals surface area contributed by atoms with Gasteiger partial charge in [-0.2, -0.15) is 0 Å². The van der Waals surface area contributed by atoms with Gasteiger partial charge in [-0.25, -0.2) is 9.59 Å². The van der Waals surface area contributed by atoms with Gasteiger partial charge in [0.25, 0.3) is 0 Å². The molecule has 0 aliphatic carbocycles. The third-order valence-electron chi connectivity index (χ3n) is 2.47. The minimum Gasteiger partial charge on any atom is -0.477 e. The summed E-state index contributed by atoms with van der Waals surface area (Å²) in [4.78, 5) is 31.9. The van der Waals surface area contributed by atoms with Gasteiger partial charge >= 0.3 is 17.9 Å². The molecule has 0 fully saturated rings. The number of hydrogen-bond donors (Lipinski definition) is 4. The van der Waals surface area contributed by atoms with Gasteiger partial charge < -0.3 is 25.6 Å². The lowest BCUT2D eigenvalue weighted by atomic mass is 10.2. The van der Waals surface area contributed by atoms with Gasteiger partial charge in [0.1, 0.15) is 6.61 Å². The molecular formula is C14H16N2O6. The average molecular weight is 308 g/mol. The number of esters is 1. The van der Waals surface area contributed by atoms with E-state index in [1.807, 2.05) is 0 Å². The summed E-state index contributed by atoms with van der Waals surface area (Å²) < 4.78 is 4.76. The molecule has 0 atom stereocenters. The maximum absolute atomic E-state index is 10.7. The summed E-state index contributed by atoms with van der Waals surface area (Å²) in [6.07, 6.45) is 0.911. The Morgan fingerprint density at radius 2 is 1.64 bits per heavy atom. The third-order valence-corrected chi connectivity index (χ3v) is 2.47. The van der Waals surface area contributed by atoms with Crippen molar-refractivity contribution in [3.8, 4) is 0 Å². The van der Waals surface area contributed by atoms with Crippen LogP contribution in [-0.2, 0) is 19.1 Å². The van der Waals surface area contributed by atoms with E-state index in [1.165, 1.54) is 6.92 Å². The van der Waals surface area contributed by atoms with Crippen LogP contribution in [0.15, 0.2) is 36.0 Å². The number of rotatable bonds is 8. The van der Waals surface area contributed by atoms with E-state index in [1.54, 1.807) is 24.3 Å². The Hall–Kier alpha value is -3.03. The minimum absolute atomic E-state index is 0.249. The lowest BCUT2D eigenvalue weighted by Gasteiger charge is -2.08. The topological polar surface area (TPSA) is 125 Å². The molecule has 1 aromatic carbocycles. The average Bonchev–Trinajstić information content (AvgIpc) is 2.44. The van der Waals surface area contributed by atoms with Crippen LogP contribution in [0.5, 0.6) is 0 Å². The van der Waals surface area contributed by atoms with Crippen molar-refractivity contribution in [2.24, 2.45) is 0 Å². The molecule has 0 aromatic heterocycles. The minimum atomic E-state index is -1.52. The van der Waals surface area contributed by atoms with Crippen molar-refractivity contribution < 1.29 is 29.3 Å². The molecule has 0 saturated carbocycles. The summed E-state index contributed by atoms with van der Waals surface area (Å²) in [5.74, 6) is -3.40. The SMILES string of the molecule is CC(=O)OCCNc1ccc(NC=C(C(=O)O)C(=O)O)cc1. The zero-order chi connectivity index (χ0) is 16.5. The van der Waals surface area contributed by atoms with Crippen molar-refractivity contribution in [3.05, 3.63) is 36.0 Å². The summed E-state index contributed by atoms with van der Waals surface area (Å²) in [5, 5.41) is 23.0. The number of benzene rings is 1. The van der Waals surface area contributed by atoms with Crippen molar-refractivity contribution in [2.75, 3.05) is 23.8 Å². The number of nitrogens with one attached hydrogen (secondary N) is 2. The van der Waals surface area contributed by atoms with Crippen LogP contribution in [-0.4, -0.2) is 41.3 Å². The van der Waals surface area contributed by atoms with Crippen molar-refractivity contribution in [2.45, 2.75) is 6.92 Å². The molecule has 0 saturated heterocycles. The highest BCUT2D eigenvalue weighted by atomic mass is 16.5. The molecule has 8 nitrogen and oxygen atoms in total. The number of anilines is 2. The molecule has 0 spiro atoms. The molecule has 1 rings (SSSR count). The van der Waals surface area contributed by atoms with Crippen LogP contribution in [0.25, 0.3) is 0 Å². The van der Waals surface area contributed by atoms with Crippen LogP contribution >= 0.6 is 0 Å². The second-order valence-corrected chi connectivity index (χ2v) is 4.16. The molecule has 0 aliphatic rings. The van der Waals surface area contributed by atoms with E-state index in [4.69, 9.17) is 14.9 Å². The molecule has 0 heterocycles. The number of carbonyl (C=O) groups excluding carboxylic acids is 1. The fourth-order valence-electron chi connectivity index (χ4n) is 1.44. The predicted octanol–water partition coefficient (Wildman–Crippen LogP) is 1.13. The molecule has 1 aromatic rings. The summed E-state index contributed by atoms with van der Waals surface area (Å²) in [5.41, 5.74) is 0.549. The highest BCUT2D eigenvalue weighted by Gasteiger charge is 2.15. The van der Waals surface area contributed by atoms with Crippen LogP contribution < -0.4 is 10.6 Å². The Morgan fingerprint density at radius 1 is 1.09 bits per heavy atom. The molecule has 22 heavy (non-hydrogen) atoms. The zero-order valence-corrected chi connectivity index (χ0v) is 11.8. The quantitative estimate of drug-likeness (QED) is 0.185. The normalized spacial score (nSPS) is 9.50. The van der Waals surface area contributed by atoms with Crippen molar-refractivity contribution >= 4 is 29.3 Å². The Kier molecular flexibility index (Phi) is 6.42. The monoisotopic (exact) mass is 308 g/mol. The van der Waals surface area contributed by atoms with Crippen molar-refractivity contribution in [1.29, 1.82) is 0 Å². The van der Waals surface area contributed by atoms with Gasteiger partial charge in [-0.05, 0) is 24.3 Å². The lowest BCUT2D eigenvalue weighted by Crippen LogP contribution is -2.13. The Morgan fingerprint density at radius 3 is 2.14 bits per heavy atom. The first-order chi connectivity index (χ1) is 10.4. The molecule has 0 unspecified atom stereocenters. The smallest absolute Gasteiger partial charge is 0.344 e. The number of carbonyl (C=O) groups is 3. The number of carboxylic acid groups (broad SMARTS) is 2. The second kappa shape index (κ2) is 8.30. The Bertz CT molecular complexity index is 564. The third kappa shape index (κ3) is 5.95. The first-order valence-electron chi connectivity index (χ1n) is 6.30. The zero-order valence-electron chi connectivity index (χ0n) is 11.8. The number of aliphatic carboxylic acids is 2. The number of hydrogen-bond acceptors (Lipinski definition) is 6. The van der Waals surface area contributed by atoms with Gasteiger partial charge in [-0.15, -0.1) is 0 Å². The maximum atomic E-state index is 10.7. The molecule has 0 aliphatic heterocycles. The number of carboxylic acids is 2. The summed E-state index contributed by atoms with van der Waals surface area (Å²) in [7, 11) is 0. The summed E-state index contributed by atoms with van der Waals surface area (Å²) in [6.45, 7) is 2.03. The van der Waals surface area contributed by atoms with E-state index >= 15 is 0 Å². The standard InChI is InChI=1S/C14H16N2O6/c1-9(17)22-7-6-15-10-2-4-11(5-3-10)16-8-12(13(18)19)14(20)21/h2-5,8,15-16H,6-7H2,1H3,(H,18,19)(H,20,21). The van der Waals surface area contributed by atoms with E-state index < -0.39 is 17.5 Å². The molecule has 4 N–H and O–H groups in total. The van der Waals surface area contributed by atoms with Gasteiger partial charge in [0.05, 0.1) is 0 Å². The molecular weight excluding hydrogens is 292 g/mol. The molecule has 0 bridgehead atoms.